The van der Waals surface area contributed by atoms with Crippen LogP contribution in [0.25, 0.3) is 0 Å². The van der Waals surface area contributed by atoms with E-state index in [2.05, 4.69) is 10.3 Å². The topological polar surface area (TPSA) is 114 Å². The van der Waals surface area contributed by atoms with Crippen molar-refractivity contribution in [3.05, 3.63) is 51.8 Å². The van der Waals surface area contributed by atoms with Crippen LogP contribution in [0.3, 0.4) is 0 Å². The third-order valence-corrected chi connectivity index (χ3v) is 2.60. The number of hydrogen-bond donors (Lipinski definition) is 2. The summed E-state index contributed by atoms with van der Waals surface area (Å²) in [7, 11) is 0. The first-order valence-electron chi connectivity index (χ1n) is 5.52. The molecule has 1 heterocycles. The third kappa shape index (κ3) is 3.12. The summed E-state index contributed by atoms with van der Waals surface area (Å²) in [6.07, 6.45) is 0.670. The van der Waals surface area contributed by atoms with Gasteiger partial charge in [0.05, 0.1) is 30.4 Å². The second-order valence-electron chi connectivity index (χ2n) is 3.95. The number of hydrogen-bond acceptors (Lipinski definition) is 6. The van der Waals surface area contributed by atoms with Crippen molar-refractivity contribution in [2.45, 2.75) is 19.3 Å². The van der Waals surface area contributed by atoms with E-state index in [0.717, 1.165) is 0 Å². The number of nitro benzene ring substituents is 1. The normalized spacial score (nSPS) is 12.3. The molecule has 0 saturated carbocycles. The molecule has 1 aromatic carbocycles. The molecule has 8 heteroatoms. The highest BCUT2D eigenvalue weighted by Crippen LogP contribution is 2.18. The van der Waals surface area contributed by atoms with E-state index in [1.807, 2.05) is 0 Å². The molecular formula is C11H12N4O4. The van der Waals surface area contributed by atoms with Crippen molar-refractivity contribution in [1.82, 2.24) is 15.0 Å². The summed E-state index contributed by atoms with van der Waals surface area (Å²) in [5.74, 6) is 0. The number of benzene rings is 1. The number of rotatable bonds is 5. The Bertz CT molecular complexity index is 566. The maximum atomic E-state index is 10.5. The third-order valence-electron chi connectivity index (χ3n) is 2.60. The molecule has 0 saturated heterocycles. The molecule has 100 valence electrons. The Balaban J connectivity index is 2.06. The predicted octanol–water partition coefficient (Wildman–Crippen LogP) is 0.412. The lowest BCUT2D eigenvalue weighted by Gasteiger charge is -2.10. The molecule has 8 nitrogen and oxygen atoms in total. The van der Waals surface area contributed by atoms with Gasteiger partial charge in [-0.05, 0) is 17.7 Å². The predicted molar refractivity (Wildman–Crippen MR) is 64.0 cm³/mol. The first kappa shape index (κ1) is 13.1. The zero-order valence-corrected chi connectivity index (χ0v) is 9.88. The molecule has 2 aromatic rings. The Kier molecular flexibility index (Phi) is 3.83. The lowest BCUT2D eigenvalue weighted by molar-refractivity contribution is -0.384. The Morgan fingerprint density at radius 2 is 2.05 bits per heavy atom. The van der Waals surface area contributed by atoms with E-state index in [1.54, 1.807) is 0 Å². The number of nitro groups is 1. The van der Waals surface area contributed by atoms with Crippen LogP contribution in [-0.2, 0) is 13.2 Å². The Morgan fingerprint density at radius 1 is 1.37 bits per heavy atom. The molecule has 0 radical (unpaired) electrons. The van der Waals surface area contributed by atoms with Gasteiger partial charge in [-0.25, -0.2) is 4.68 Å². The molecule has 0 amide bonds. The Labute approximate surface area is 108 Å². The highest BCUT2D eigenvalue weighted by molar-refractivity contribution is 5.33. The zero-order chi connectivity index (χ0) is 13.8. The first-order valence-corrected chi connectivity index (χ1v) is 5.52. The summed E-state index contributed by atoms with van der Waals surface area (Å²) in [6.45, 7) is -0.0571. The Hall–Kier alpha value is -2.32. The average Bonchev–Trinajstić information content (AvgIpc) is 2.86. The molecule has 0 aliphatic rings. The van der Waals surface area contributed by atoms with Gasteiger partial charge in [-0.3, -0.25) is 10.1 Å². The van der Waals surface area contributed by atoms with Gasteiger partial charge in [0.2, 0.25) is 0 Å². The van der Waals surface area contributed by atoms with Crippen molar-refractivity contribution in [3.63, 3.8) is 0 Å². The van der Waals surface area contributed by atoms with Gasteiger partial charge in [0.25, 0.3) is 5.69 Å². The minimum absolute atomic E-state index is 0.0285. The van der Waals surface area contributed by atoms with Crippen LogP contribution in [0.2, 0.25) is 0 Å². The quantitative estimate of drug-likeness (QED) is 0.597. The lowest BCUT2D eigenvalue weighted by Crippen LogP contribution is -2.09. The maximum absolute atomic E-state index is 10.5. The summed E-state index contributed by atoms with van der Waals surface area (Å²) in [4.78, 5) is 10.0. The van der Waals surface area contributed by atoms with Crippen LogP contribution in [0.5, 0.6) is 0 Å². The van der Waals surface area contributed by atoms with Crippen LogP contribution in [0.15, 0.2) is 30.5 Å². The molecule has 1 unspecified atom stereocenters. The number of aromatic nitrogens is 3. The molecule has 2 rings (SSSR count). The van der Waals surface area contributed by atoms with E-state index in [0.29, 0.717) is 11.3 Å². The minimum Gasteiger partial charge on any atom is -0.390 e. The smallest absolute Gasteiger partial charge is 0.269 e. The largest absolute Gasteiger partial charge is 0.390 e. The fourth-order valence-electron chi connectivity index (χ4n) is 1.60. The van der Waals surface area contributed by atoms with Gasteiger partial charge in [-0.1, -0.05) is 5.21 Å². The van der Waals surface area contributed by atoms with Gasteiger partial charge in [-0.15, -0.1) is 5.10 Å². The number of non-ortho nitro benzene ring substituents is 1. The van der Waals surface area contributed by atoms with Gasteiger partial charge in [-0.2, -0.15) is 0 Å². The molecule has 0 aliphatic heterocycles. The van der Waals surface area contributed by atoms with Gasteiger partial charge >= 0.3 is 0 Å². The van der Waals surface area contributed by atoms with Gasteiger partial charge < -0.3 is 10.2 Å². The van der Waals surface area contributed by atoms with Crippen molar-refractivity contribution in [3.8, 4) is 0 Å². The van der Waals surface area contributed by atoms with Crippen molar-refractivity contribution >= 4 is 5.69 Å². The summed E-state index contributed by atoms with van der Waals surface area (Å²) in [5.41, 5.74) is 0.932. The van der Waals surface area contributed by atoms with Crippen molar-refractivity contribution < 1.29 is 15.1 Å². The van der Waals surface area contributed by atoms with Crippen molar-refractivity contribution in [2.75, 3.05) is 0 Å². The molecule has 1 atom stereocenters. The van der Waals surface area contributed by atoms with E-state index in [9.17, 15) is 15.2 Å². The molecule has 0 aliphatic carbocycles. The summed E-state index contributed by atoms with van der Waals surface area (Å²) >= 11 is 0. The molecule has 0 spiro atoms. The summed E-state index contributed by atoms with van der Waals surface area (Å²) < 4.78 is 1.40. The molecule has 1 aromatic heterocycles. The molecular weight excluding hydrogens is 252 g/mol. The van der Waals surface area contributed by atoms with E-state index in [-0.39, 0.29) is 18.8 Å². The molecule has 0 fully saturated rings. The second kappa shape index (κ2) is 5.55. The van der Waals surface area contributed by atoms with Crippen LogP contribution in [0.4, 0.5) is 5.69 Å². The van der Waals surface area contributed by atoms with E-state index in [4.69, 9.17) is 5.11 Å². The van der Waals surface area contributed by atoms with Gasteiger partial charge in [0.15, 0.2) is 0 Å². The molecule has 19 heavy (non-hydrogen) atoms. The number of nitrogens with zero attached hydrogens (tertiary/aromatic N) is 4. The van der Waals surface area contributed by atoms with Gasteiger partial charge in [0, 0.05) is 12.1 Å². The van der Waals surface area contributed by atoms with Crippen molar-refractivity contribution in [2.24, 2.45) is 0 Å². The van der Waals surface area contributed by atoms with Crippen LogP contribution in [0, 0.1) is 10.1 Å². The molecule has 0 bridgehead atoms. The standard InChI is InChI=1S/C11H12N4O4/c16-7-9-5-14(13-12-9)6-11(17)8-1-3-10(4-2-8)15(18)19/h1-5,11,16-17H,6-7H2. The van der Waals surface area contributed by atoms with Gasteiger partial charge in [0.1, 0.15) is 5.69 Å². The monoisotopic (exact) mass is 264 g/mol. The van der Waals surface area contributed by atoms with Crippen LogP contribution in [0.1, 0.15) is 17.4 Å². The fourth-order valence-corrected chi connectivity index (χ4v) is 1.60. The number of aliphatic hydroxyl groups is 2. The lowest BCUT2D eigenvalue weighted by atomic mass is 10.1. The molecule has 2 N–H and O–H groups in total. The number of aliphatic hydroxyl groups excluding tert-OH is 2. The highest BCUT2D eigenvalue weighted by Gasteiger charge is 2.12. The summed E-state index contributed by atoms with van der Waals surface area (Å²) in [6, 6.07) is 5.65. The van der Waals surface area contributed by atoms with E-state index >= 15 is 0 Å². The zero-order valence-electron chi connectivity index (χ0n) is 9.88. The van der Waals surface area contributed by atoms with E-state index < -0.39 is 11.0 Å². The summed E-state index contributed by atoms with van der Waals surface area (Å²) in [5, 5.41) is 36.7. The van der Waals surface area contributed by atoms with E-state index in [1.165, 1.54) is 35.1 Å². The van der Waals surface area contributed by atoms with Crippen LogP contribution >= 0.6 is 0 Å². The SMILES string of the molecule is O=[N+]([O-])c1ccc(C(O)Cn2cc(CO)nn2)cc1. The average molecular weight is 264 g/mol. The van der Waals surface area contributed by atoms with Crippen molar-refractivity contribution in [1.29, 1.82) is 0 Å². The highest BCUT2D eigenvalue weighted by atomic mass is 16.6. The Morgan fingerprint density at radius 3 is 2.58 bits per heavy atom. The van der Waals surface area contributed by atoms with Crippen LogP contribution in [-0.4, -0.2) is 30.1 Å². The fraction of sp³-hybridized carbons (Fsp3) is 0.273. The minimum atomic E-state index is -0.853. The first-order chi connectivity index (χ1) is 9.10. The maximum Gasteiger partial charge on any atom is 0.269 e. The second-order valence-corrected chi connectivity index (χ2v) is 3.95. The van der Waals surface area contributed by atoms with Crippen LogP contribution < -0.4 is 0 Å².